The first kappa shape index (κ1) is 18.2. The van der Waals surface area contributed by atoms with E-state index in [1.807, 2.05) is 24.0 Å². The van der Waals surface area contributed by atoms with Gasteiger partial charge in [0.05, 0.1) is 0 Å². The fourth-order valence-corrected chi connectivity index (χ4v) is 3.79. The van der Waals surface area contributed by atoms with Crippen molar-refractivity contribution in [1.82, 2.24) is 9.80 Å². The van der Waals surface area contributed by atoms with E-state index in [1.54, 1.807) is 6.07 Å². The van der Waals surface area contributed by atoms with Crippen LogP contribution >= 0.6 is 11.6 Å². The quantitative estimate of drug-likeness (QED) is 0.897. The summed E-state index contributed by atoms with van der Waals surface area (Å²) in [5.41, 5.74) is 1.66. The monoisotopic (exact) mass is 338 g/mol. The van der Waals surface area contributed by atoms with Gasteiger partial charge >= 0.3 is 0 Å². The highest BCUT2D eigenvalue weighted by molar-refractivity contribution is 6.30. The molecule has 5 heteroatoms. The van der Waals surface area contributed by atoms with Crippen molar-refractivity contribution in [1.29, 1.82) is 0 Å². The molecule has 0 unspecified atom stereocenters. The summed E-state index contributed by atoms with van der Waals surface area (Å²) < 4.78 is 0. The molecule has 1 heterocycles. The number of amides is 1. The van der Waals surface area contributed by atoms with Gasteiger partial charge in [0.15, 0.2) is 0 Å². The zero-order valence-electron chi connectivity index (χ0n) is 14.3. The second-order valence-corrected chi connectivity index (χ2v) is 7.09. The number of rotatable bonds is 5. The van der Waals surface area contributed by atoms with Crippen molar-refractivity contribution in [2.24, 2.45) is 5.92 Å². The molecule has 23 heavy (non-hydrogen) atoms. The molecule has 1 aliphatic heterocycles. The molecule has 1 aliphatic rings. The lowest BCUT2D eigenvalue weighted by Crippen LogP contribution is -2.50. The van der Waals surface area contributed by atoms with Gasteiger partial charge < -0.3 is 14.9 Å². The number of benzene rings is 1. The van der Waals surface area contributed by atoms with E-state index in [-0.39, 0.29) is 12.5 Å². The minimum absolute atomic E-state index is 0.0883. The summed E-state index contributed by atoms with van der Waals surface area (Å²) in [6.45, 7) is 3.67. The van der Waals surface area contributed by atoms with Crippen LogP contribution in [0.5, 0.6) is 0 Å². The largest absolute Gasteiger partial charge is 0.396 e. The van der Waals surface area contributed by atoms with Crippen molar-refractivity contribution in [2.75, 3.05) is 33.8 Å². The van der Waals surface area contributed by atoms with E-state index in [9.17, 15) is 4.79 Å². The molecule has 2 atom stereocenters. The van der Waals surface area contributed by atoms with Crippen molar-refractivity contribution >= 4 is 17.5 Å². The van der Waals surface area contributed by atoms with Crippen molar-refractivity contribution in [2.45, 2.75) is 32.2 Å². The molecule has 128 valence electrons. The maximum atomic E-state index is 12.8. The Morgan fingerprint density at radius 2 is 2.17 bits per heavy atom. The molecule has 0 bridgehead atoms. The SMILES string of the molecule is Cc1cc(Cl)ccc1C(=O)N1CC[C@@H](N(C)C)[C@@H](CCCO)C1. The van der Waals surface area contributed by atoms with Gasteiger partial charge in [-0.2, -0.15) is 0 Å². The summed E-state index contributed by atoms with van der Waals surface area (Å²) in [5.74, 6) is 0.493. The fourth-order valence-electron chi connectivity index (χ4n) is 3.56. The Morgan fingerprint density at radius 3 is 2.78 bits per heavy atom. The van der Waals surface area contributed by atoms with Gasteiger partial charge in [-0.1, -0.05) is 11.6 Å². The van der Waals surface area contributed by atoms with Crippen LogP contribution < -0.4 is 0 Å². The number of likely N-dealkylation sites (tertiary alicyclic amines) is 1. The summed E-state index contributed by atoms with van der Waals surface area (Å²) in [4.78, 5) is 17.1. The zero-order valence-corrected chi connectivity index (χ0v) is 15.0. The third-order valence-corrected chi connectivity index (χ3v) is 5.03. The number of hydrogen-bond donors (Lipinski definition) is 1. The average molecular weight is 339 g/mol. The minimum Gasteiger partial charge on any atom is -0.396 e. The van der Waals surface area contributed by atoms with E-state index in [0.29, 0.717) is 17.0 Å². The lowest BCUT2D eigenvalue weighted by atomic mass is 9.87. The number of aryl methyl sites for hydroxylation is 1. The van der Waals surface area contributed by atoms with E-state index in [1.165, 1.54) is 0 Å². The first-order valence-electron chi connectivity index (χ1n) is 8.26. The number of nitrogens with zero attached hydrogens (tertiary/aromatic N) is 2. The molecule has 0 aromatic heterocycles. The Kier molecular flexibility index (Phi) is 6.45. The van der Waals surface area contributed by atoms with Gasteiger partial charge in [0.1, 0.15) is 0 Å². The van der Waals surface area contributed by atoms with Crippen LogP contribution in [0.15, 0.2) is 18.2 Å². The zero-order chi connectivity index (χ0) is 17.0. The van der Waals surface area contributed by atoms with Crippen LogP contribution in [0, 0.1) is 12.8 Å². The van der Waals surface area contributed by atoms with E-state index in [0.717, 1.165) is 43.5 Å². The predicted molar refractivity (Wildman–Crippen MR) is 94.0 cm³/mol. The molecule has 0 saturated carbocycles. The molecule has 4 nitrogen and oxygen atoms in total. The first-order chi connectivity index (χ1) is 10.9. The average Bonchev–Trinajstić information content (AvgIpc) is 2.51. The predicted octanol–water partition coefficient (Wildman–Crippen LogP) is 2.81. The smallest absolute Gasteiger partial charge is 0.254 e. The van der Waals surface area contributed by atoms with Gasteiger partial charge in [-0.15, -0.1) is 0 Å². The molecule has 1 fully saturated rings. The molecule has 0 aliphatic carbocycles. The van der Waals surface area contributed by atoms with Crippen LogP contribution in [0.25, 0.3) is 0 Å². The summed E-state index contributed by atoms with van der Waals surface area (Å²) in [5, 5.41) is 9.79. The molecule has 0 radical (unpaired) electrons. The number of piperidine rings is 1. The highest BCUT2D eigenvalue weighted by Gasteiger charge is 2.32. The van der Waals surface area contributed by atoms with Crippen molar-refractivity contribution < 1.29 is 9.90 Å². The third-order valence-electron chi connectivity index (χ3n) is 4.80. The Hall–Kier alpha value is -1.10. The normalized spacial score (nSPS) is 21.7. The first-order valence-corrected chi connectivity index (χ1v) is 8.64. The Balaban J connectivity index is 2.12. The van der Waals surface area contributed by atoms with E-state index < -0.39 is 0 Å². The number of carbonyl (C=O) groups is 1. The van der Waals surface area contributed by atoms with E-state index >= 15 is 0 Å². The molecule has 1 aromatic rings. The Bertz CT molecular complexity index is 548. The second kappa shape index (κ2) is 8.13. The number of aliphatic hydroxyl groups is 1. The van der Waals surface area contributed by atoms with Crippen molar-refractivity contribution in [3.05, 3.63) is 34.3 Å². The maximum Gasteiger partial charge on any atom is 0.254 e. The molecule has 1 aromatic carbocycles. The van der Waals surface area contributed by atoms with Gasteiger partial charge in [0.2, 0.25) is 0 Å². The Morgan fingerprint density at radius 1 is 1.43 bits per heavy atom. The lowest BCUT2D eigenvalue weighted by molar-refractivity contribution is 0.0495. The summed E-state index contributed by atoms with van der Waals surface area (Å²) in [6.07, 6.45) is 2.71. The second-order valence-electron chi connectivity index (χ2n) is 6.66. The van der Waals surface area contributed by atoms with Crippen molar-refractivity contribution in [3.63, 3.8) is 0 Å². The van der Waals surface area contributed by atoms with Crippen LogP contribution in [0.2, 0.25) is 5.02 Å². The fraction of sp³-hybridized carbons (Fsp3) is 0.611. The van der Waals surface area contributed by atoms with Gasteiger partial charge in [-0.25, -0.2) is 0 Å². The van der Waals surface area contributed by atoms with Gasteiger partial charge in [0, 0.05) is 36.3 Å². The summed E-state index contributed by atoms with van der Waals surface area (Å²) in [6, 6.07) is 5.90. The van der Waals surface area contributed by atoms with E-state index in [4.69, 9.17) is 16.7 Å². The maximum absolute atomic E-state index is 12.8. The molecular weight excluding hydrogens is 312 g/mol. The molecule has 2 rings (SSSR count). The summed E-state index contributed by atoms with van der Waals surface area (Å²) >= 11 is 5.99. The molecular formula is C18H27ClN2O2. The third kappa shape index (κ3) is 4.46. The number of aliphatic hydroxyl groups excluding tert-OH is 1. The minimum atomic E-state index is 0.0883. The highest BCUT2D eigenvalue weighted by Crippen LogP contribution is 2.27. The van der Waals surface area contributed by atoms with Crippen LogP contribution in [-0.4, -0.2) is 60.6 Å². The standard InChI is InChI=1S/C18H27ClN2O2/c1-13-11-15(19)6-7-16(13)18(23)21-9-8-17(20(2)3)14(12-21)5-4-10-22/h6-7,11,14,17,22H,4-5,8-10,12H2,1-3H3/t14-,17+/m0/s1. The van der Waals surface area contributed by atoms with Gasteiger partial charge in [-0.05, 0) is 70.0 Å². The van der Waals surface area contributed by atoms with Crippen LogP contribution in [0.1, 0.15) is 35.2 Å². The van der Waals surface area contributed by atoms with Crippen LogP contribution in [-0.2, 0) is 0 Å². The molecule has 0 spiro atoms. The van der Waals surface area contributed by atoms with Crippen LogP contribution in [0.4, 0.5) is 0 Å². The number of carbonyl (C=O) groups excluding carboxylic acids is 1. The van der Waals surface area contributed by atoms with Gasteiger partial charge in [-0.3, -0.25) is 4.79 Å². The molecule has 1 N–H and O–H groups in total. The van der Waals surface area contributed by atoms with Crippen LogP contribution in [0.3, 0.4) is 0 Å². The summed E-state index contributed by atoms with van der Waals surface area (Å²) in [7, 11) is 4.19. The highest BCUT2D eigenvalue weighted by atomic mass is 35.5. The van der Waals surface area contributed by atoms with Crippen molar-refractivity contribution in [3.8, 4) is 0 Å². The number of hydrogen-bond acceptors (Lipinski definition) is 3. The Labute approximate surface area is 144 Å². The molecule has 1 amide bonds. The number of halogens is 1. The molecule has 1 saturated heterocycles. The van der Waals surface area contributed by atoms with E-state index in [2.05, 4.69) is 19.0 Å². The lowest BCUT2D eigenvalue weighted by Gasteiger charge is -2.42. The topological polar surface area (TPSA) is 43.8 Å². The van der Waals surface area contributed by atoms with Gasteiger partial charge in [0.25, 0.3) is 5.91 Å².